The van der Waals surface area contributed by atoms with Gasteiger partial charge in [0.2, 0.25) is 5.91 Å². The zero-order valence-corrected chi connectivity index (χ0v) is 17.1. The van der Waals surface area contributed by atoms with Crippen LogP contribution < -0.4 is 0 Å². The molecule has 0 N–H and O–H groups in total. The zero-order valence-electron chi connectivity index (χ0n) is 17.1. The third-order valence-electron chi connectivity index (χ3n) is 6.92. The molecule has 1 aromatic heterocycles. The van der Waals surface area contributed by atoms with Gasteiger partial charge in [-0.1, -0.05) is 42.5 Å². The third-order valence-corrected chi connectivity index (χ3v) is 6.92. The molecule has 1 saturated carbocycles. The average Bonchev–Trinajstić information content (AvgIpc) is 3.18. The first-order valence-electron chi connectivity index (χ1n) is 10.5. The number of aryl methyl sites for hydroxylation is 1. The van der Waals surface area contributed by atoms with E-state index in [-0.39, 0.29) is 11.9 Å². The number of ether oxygens (including phenoxy) is 1. The topological polar surface area (TPSA) is 90.2 Å². The molecule has 2 aromatic carbocycles. The third kappa shape index (κ3) is 2.57. The van der Waals surface area contributed by atoms with Crippen molar-refractivity contribution in [2.45, 2.75) is 30.3 Å². The number of hydrogen-bond donors (Lipinski definition) is 0. The number of nitrogens with zero attached hydrogens (tertiary/aromatic N) is 5. The van der Waals surface area contributed by atoms with Crippen molar-refractivity contribution in [1.29, 1.82) is 0 Å². The van der Waals surface area contributed by atoms with E-state index in [4.69, 9.17) is 4.74 Å². The molecule has 0 bridgehead atoms. The predicted octanol–water partition coefficient (Wildman–Crippen LogP) is 2.21. The van der Waals surface area contributed by atoms with Crippen molar-refractivity contribution in [3.05, 3.63) is 65.2 Å². The summed E-state index contributed by atoms with van der Waals surface area (Å²) in [6.07, 6.45) is 2.29. The summed E-state index contributed by atoms with van der Waals surface area (Å²) in [6.45, 7) is 1.00. The lowest BCUT2D eigenvalue weighted by Gasteiger charge is -2.27. The van der Waals surface area contributed by atoms with E-state index in [9.17, 15) is 9.59 Å². The number of benzene rings is 2. The fraction of sp³-hybridized carbons (Fsp3) is 0.348. The maximum Gasteiger partial charge on any atom is 0.339 e. The van der Waals surface area contributed by atoms with Crippen LogP contribution in [-0.4, -0.2) is 50.1 Å². The average molecular weight is 415 g/mol. The van der Waals surface area contributed by atoms with Crippen molar-refractivity contribution in [3.63, 3.8) is 0 Å². The number of carbonyl (C=O) groups is 2. The fourth-order valence-electron chi connectivity index (χ4n) is 5.07. The molecule has 3 aromatic rings. The minimum Gasteiger partial charge on any atom is -0.449 e. The Labute approximate surface area is 178 Å². The molecular weight excluding hydrogens is 394 g/mol. The maximum absolute atomic E-state index is 13.6. The van der Waals surface area contributed by atoms with Gasteiger partial charge in [0.05, 0.1) is 17.5 Å². The van der Waals surface area contributed by atoms with Crippen molar-refractivity contribution in [2.24, 2.45) is 7.05 Å². The van der Waals surface area contributed by atoms with Gasteiger partial charge in [0.1, 0.15) is 0 Å². The monoisotopic (exact) mass is 415 g/mol. The van der Waals surface area contributed by atoms with E-state index in [1.807, 2.05) is 47.4 Å². The molecule has 31 heavy (non-hydrogen) atoms. The van der Waals surface area contributed by atoms with Gasteiger partial charge in [-0.25, -0.2) is 9.48 Å². The summed E-state index contributed by atoms with van der Waals surface area (Å²) in [5, 5.41) is 11.6. The quantitative estimate of drug-likeness (QED) is 0.609. The van der Waals surface area contributed by atoms with E-state index in [1.165, 1.54) is 0 Å². The van der Waals surface area contributed by atoms with Crippen LogP contribution in [0.25, 0.3) is 11.4 Å². The van der Waals surface area contributed by atoms with Crippen LogP contribution in [0.3, 0.4) is 0 Å². The van der Waals surface area contributed by atoms with Crippen LogP contribution in [0, 0.1) is 0 Å². The van der Waals surface area contributed by atoms with Crippen LogP contribution in [-0.2, 0) is 27.6 Å². The van der Waals surface area contributed by atoms with Crippen LogP contribution in [0.15, 0.2) is 48.5 Å². The number of rotatable bonds is 3. The lowest BCUT2D eigenvalue weighted by atomic mass is 9.91. The number of amides is 1. The number of carbonyl (C=O) groups excluding carboxylic acids is 2. The van der Waals surface area contributed by atoms with E-state index in [0.29, 0.717) is 30.9 Å². The molecule has 8 nitrogen and oxygen atoms in total. The normalized spacial score (nSPS) is 23.1. The molecule has 2 aliphatic heterocycles. The Hall–Kier alpha value is -3.55. The number of esters is 1. The van der Waals surface area contributed by atoms with E-state index >= 15 is 0 Å². The highest BCUT2D eigenvalue weighted by Crippen LogP contribution is 2.52. The molecule has 1 amide bonds. The first-order chi connectivity index (χ1) is 15.0. The number of aromatic nitrogens is 4. The fourth-order valence-corrected chi connectivity index (χ4v) is 5.07. The molecule has 8 heteroatoms. The van der Waals surface area contributed by atoms with Gasteiger partial charge in [0.15, 0.2) is 11.4 Å². The molecule has 2 fully saturated rings. The second-order valence-electron chi connectivity index (χ2n) is 8.69. The van der Waals surface area contributed by atoms with Gasteiger partial charge >= 0.3 is 5.97 Å². The van der Waals surface area contributed by atoms with E-state index in [2.05, 4.69) is 15.5 Å². The van der Waals surface area contributed by atoms with E-state index < -0.39 is 11.0 Å². The molecule has 1 atom stereocenters. The predicted molar refractivity (Wildman–Crippen MR) is 110 cm³/mol. The molecule has 1 saturated heterocycles. The van der Waals surface area contributed by atoms with Gasteiger partial charge in [-0.2, -0.15) is 0 Å². The first-order valence-corrected chi connectivity index (χ1v) is 10.5. The Balaban J connectivity index is 1.25. The summed E-state index contributed by atoms with van der Waals surface area (Å²) in [5.41, 5.74) is 2.26. The summed E-state index contributed by atoms with van der Waals surface area (Å²) < 4.78 is 7.44. The standard InChI is InChI=1S/C23H21N5O3/c1-27-19(24-25-26-27)15-6-8-16(9-7-15)22(10-11-22)21(30)28-13-12-23(14-28)18-5-3-2-4-17(18)20(29)31-23/h2-9H,10-14H2,1H3/t23-/m0/s1. The van der Waals surface area contributed by atoms with Crippen LogP contribution in [0.1, 0.15) is 40.7 Å². The summed E-state index contributed by atoms with van der Waals surface area (Å²) in [7, 11) is 1.80. The first kappa shape index (κ1) is 18.2. The number of fused-ring (bicyclic) bond motifs is 2. The van der Waals surface area contributed by atoms with E-state index in [0.717, 1.165) is 29.5 Å². The lowest BCUT2D eigenvalue weighted by Crippen LogP contribution is -2.40. The Morgan fingerprint density at radius 1 is 1.06 bits per heavy atom. The second kappa shape index (κ2) is 6.23. The van der Waals surface area contributed by atoms with Crippen molar-refractivity contribution < 1.29 is 14.3 Å². The SMILES string of the molecule is Cn1nnnc1-c1ccc(C2(C(=O)N3CC[C@@]4(C3)OC(=O)c3ccccc34)CC2)cc1. The summed E-state index contributed by atoms with van der Waals surface area (Å²) >= 11 is 0. The highest BCUT2D eigenvalue weighted by molar-refractivity contribution is 5.96. The highest BCUT2D eigenvalue weighted by atomic mass is 16.6. The highest BCUT2D eigenvalue weighted by Gasteiger charge is 2.57. The smallest absolute Gasteiger partial charge is 0.339 e. The summed E-state index contributed by atoms with van der Waals surface area (Å²) in [6, 6.07) is 15.5. The summed E-state index contributed by atoms with van der Waals surface area (Å²) in [5.74, 6) is 0.517. The van der Waals surface area contributed by atoms with Gasteiger partial charge < -0.3 is 9.64 Å². The molecule has 3 heterocycles. The van der Waals surface area contributed by atoms with Crippen molar-refractivity contribution >= 4 is 11.9 Å². The zero-order chi connectivity index (χ0) is 21.2. The van der Waals surface area contributed by atoms with Crippen LogP contribution in [0.2, 0.25) is 0 Å². The minimum atomic E-state index is -0.707. The molecule has 156 valence electrons. The Kier molecular flexibility index (Phi) is 3.66. The molecule has 0 unspecified atom stereocenters. The largest absolute Gasteiger partial charge is 0.449 e. The number of likely N-dealkylation sites (tertiary alicyclic amines) is 1. The Morgan fingerprint density at radius 2 is 1.84 bits per heavy atom. The second-order valence-corrected chi connectivity index (χ2v) is 8.69. The van der Waals surface area contributed by atoms with E-state index in [1.54, 1.807) is 17.8 Å². The molecule has 1 aliphatic carbocycles. The van der Waals surface area contributed by atoms with Gasteiger partial charge in [-0.3, -0.25) is 4.79 Å². The van der Waals surface area contributed by atoms with Crippen LogP contribution >= 0.6 is 0 Å². The van der Waals surface area contributed by atoms with Crippen molar-refractivity contribution in [2.75, 3.05) is 13.1 Å². The van der Waals surface area contributed by atoms with Gasteiger partial charge in [0.25, 0.3) is 0 Å². The molecule has 6 rings (SSSR count). The van der Waals surface area contributed by atoms with Crippen molar-refractivity contribution in [3.8, 4) is 11.4 Å². The Morgan fingerprint density at radius 3 is 2.55 bits per heavy atom. The minimum absolute atomic E-state index is 0.123. The van der Waals surface area contributed by atoms with Crippen molar-refractivity contribution in [1.82, 2.24) is 25.1 Å². The Bertz CT molecular complexity index is 1210. The summed E-state index contributed by atoms with van der Waals surface area (Å²) in [4.78, 5) is 27.8. The molecular formula is C23H21N5O3. The number of hydrogen-bond acceptors (Lipinski definition) is 6. The lowest BCUT2D eigenvalue weighted by molar-refractivity contribution is -0.134. The van der Waals surface area contributed by atoms with Crippen LogP contribution in [0.4, 0.5) is 0 Å². The maximum atomic E-state index is 13.6. The number of tetrazole rings is 1. The molecule has 0 radical (unpaired) electrons. The molecule has 3 aliphatic rings. The molecule has 1 spiro atoms. The van der Waals surface area contributed by atoms with Gasteiger partial charge in [-0.15, -0.1) is 5.10 Å². The van der Waals surface area contributed by atoms with Gasteiger partial charge in [-0.05, 0) is 34.9 Å². The van der Waals surface area contributed by atoms with Crippen LogP contribution in [0.5, 0.6) is 0 Å². The van der Waals surface area contributed by atoms with Gasteiger partial charge in [0, 0.05) is 31.1 Å².